The number of likely N-dealkylation sites (tertiary alicyclic amines) is 1. The molecule has 0 bridgehead atoms. The summed E-state index contributed by atoms with van der Waals surface area (Å²) in [7, 11) is 0. The molecule has 3 rings (SSSR count). The van der Waals surface area contributed by atoms with Gasteiger partial charge in [0.25, 0.3) is 0 Å². The molecule has 2 aliphatic heterocycles. The number of rotatable bonds is 3. The van der Waals surface area contributed by atoms with Crippen LogP contribution in [-0.2, 0) is 11.3 Å². The summed E-state index contributed by atoms with van der Waals surface area (Å²) in [5.74, 6) is -0.436. The molecule has 0 aliphatic carbocycles. The van der Waals surface area contributed by atoms with Gasteiger partial charge >= 0.3 is 6.03 Å². The number of nitrogens with zero attached hydrogens (tertiary/aromatic N) is 2. The maximum atomic E-state index is 12.9. The van der Waals surface area contributed by atoms with Crippen LogP contribution in [0.4, 0.5) is 9.18 Å². The van der Waals surface area contributed by atoms with E-state index in [4.69, 9.17) is 0 Å². The topological polar surface area (TPSA) is 64.7 Å². The molecule has 6 nitrogen and oxygen atoms in total. The molecule has 2 fully saturated rings. The first-order chi connectivity index (χ1) is 11.6. The highest BCUT2D eigenvalue weighted by molar-refractivity contribution is 5.87. The van der Waals surface area contributed by atoms with Crippen LogP contribution in [0.5, 0.6) is 0 Å². The van der Waals surface area contributed by atoms with Gasteiger partial charge in [0, 0.05) is 39.3 Å². The maximum Gasteiger partial charge on any atom is 0.320 e. The first-order valence-electron chi connectivity index (χ1n) is 8.43. The van der Waals surface area contributed by atoms with E-state index in [2.05, 4.69) is 10.6 Å². The molecule has 0 radical (unpaired) electrons. The molecule has 0 aromatic heterocycles. The van der Waals surface area contributed by atoms with Gasteiger partial charge in [-0.25, -0.2) is 9.18 Å². The number of hydrogen-bond acceptors (Lipinski definition) is 3. The van der Waals surface area contributed by atoms with Crippen LogP contribution in [0, 0.1) is 5.82 Å². The van der Waals surface area contributed by atoms with E-state index < -0.39 is 6.04 Å². The van der Waals surface area contributed by atoms with Crippen LogP contribution in [0.2, 0.25) is 0 Å². The van der Waals surface area contributed by atoms with Crippen LogP contribution >= 0.6 is 0 Å². The normalized spacial score (nSPS) is 21.0. The first kappa shape index (κ1) is 16.7. The minimum absolute atomic E-state index is 0.0454. The minimum Gasteiger partial charge on any atom is -0.350 e. The number of hydrogen-bond donors (Lipinski definition) is 2. The highest BCUT2D eigenvalue weighted by Crippen LogP contribution is 2.19. The van der Waals surface area contributed by atoms with Crippen LogP contribution < -0.4 is 10.6 Å². The SMILES string of the molecule is O=C(NCc1ccc(F)cc1)C1CCCN1C(=O)N1CCNCC1. The van der Waals surface area contributed by atoms with Gasteiger partial charge < -0.3 is 20.4 Å². The zero-order chi connectivity index (χ0) is 16.9. The lowest BCUT2D eigenvalue weighted by Crippen LogP contribution is -2.55. The Morgan fingerprint density at radius 1 is 1.17 bits per heavy atom. The molecule has 2 saturated heterocycles. The smallest absolute Gasteiger partial charge is 0.320 e. The third-order valence-electron chi connectivity index (χ3n) is 4.57. The molecule has 0 saturated carbocycles. The van der Waals surface area contributed by atoms with Crippen LogP contribution in [0.1, 0.15) is 18.4 Å². The van der Waals surface area contributed by atoms with Crippen molar-refractivity contribution in [3.05, 3.63) is 35.6 Å². The number of urea groups is 1. The molecule has 2 heterocycles. The fourth-order valence-corrected chi connectivity index (χ4v) is 3.22. The van der Waals surface area contributed by atoms with E-state index in [9.17, 15) is 14.0 Å². The second-order valence-electron chi connectivity index (χ2n) is 6.22. The minimum atomic E-state index is -0.409. The van der Waals surface area contributed by atoms with Gasteiger partial charge in [0.05, 0.1) is 0 Å². The van der Waals surface area contributed by atoms with Gasteiger partial charge in [-0.1, -0.05) is 12.1 Å². The standard InChI is InChI=1S/C17H23FN4O2/c18-14-5-3-13(4-6-14)12-20-16(23)15-2-1-9-22(15)17(24)21-10-7-19-8-11-21/h3-6,15,19H,1-2,7-12H2,(H,20,23). The zero-order valence-electron chi connectivity index (χ0n) is 13.6. The highest BCUT2D eigenvalue weighted by Gasteiger charge is 2.36. The lowest BCUT2D eigenvalue weighted by molar-refractivity contribution is -0.125. The van der Waals surface area contributed by atoms with Crippen molar-refractivity contribution in [2.75, 3.05) is 32.7 Å². The van der Waals surface area contributed by atoms with E-state index in [0.717, 1.165) is 25.1 Å². The van der Waals surface area contributed by atoms with Crippen molar-refractivity contribution in [1.82, 2.24) is 20.4 Å². The van der Waals surface area contributed by atoms with E-state index in [1.165, 1.54) is 12.1 Å². The Balaban J connectivity index is 1.56. The Morgan fingerprint density at radius 2 is 1.88 bits per heavy atom. The van der Waals surface area contributed by atoms with Crippen LogP contribution in [0.15, 0.2) is 24.3 Å². The average molecular weight is 334 g/mol. The van der Waals surface area contributed by atoms with Gasteiger partial charge in [0.1, 0.15) is 11.9 Å². The number of piperazine rings is 1. The molecule has 1 aromatic rings. The lowest BCUT2D eigenvalue weighted by Gasteiger charge is -2.33. The van der Waals surface area contributed by atoms with Gasteiger partial charge in [-0.3, -0.25) is 4.79 Å². The molecule has 130 valence electrons. The summed E-state index contributed by atoms with van der Waals surface area (Å²) in [4.78, 5) is 28.6. The Bertz CT molecular complexity index is 587. The highest BCUT2D eigenvalue weighted by atomic mass is 19.1. The molecule has 1 atom stereocenters. The fourth-order valence-electron chi connectivity index (χ4n) is 3.22. The molecule has 0 spiro atoms. The van der Waals surface area contributed by atoms with Crippen molar-refractivity contribution in [2.24, 2.45) is 0 Å². The Kier molecular flexibility index (Phi) is 5.30. The van der Waals surface area contributed by atoms with Crippen molar-refractivity contribution in [2.45, 2.75) is 25.4 Å². The van der Waals surface area contributed by atoms with Gasteiger partial charge in [-0.15, -0.1) is 0 Å². The van der Waals surface area contributed by atoms with Gasteiger partial charge in [-0.05, 0) is 30.5 Å². The number of carbonyl (C=O) groups is 2. The lowest BCUT2D eigenvalue weighted by atomic mass is 10.2. The van der Waals surface area contributed by atoms with Crippen molar-refractivity contribution < 1.29 is 14.0 Å². The molecule has 3 amide bonds. The number of amides is 3. The largest absolute Gasteiger partial charge is 0.350 e. The number of nitrogens with one attached hydrogen (secondary N) is 2. The van der Waals surface area contributed by atoms with Crippen molar-refractivity contribution in [1.29, 1.82) is 0 Å². The molecule has 1 aromatic carbocycles. The van der Waals surface area contributed by atoms with Crippen molar-refractivity contribution >= 4 is 11.9 Å². The van der Waals surface area contributed by atoms with Crippen LogP contribution in [-0.4, -0.2) is 60.5 Å². The van der Waals surface area contributed by atoms with E-state index in [1.54, 1.807) is 17.0 Å². The number of carbonyl (C=O) groups excluding carboxylic acids is 2. The summed E-state index contributed by atoms with van der Waals surface area (Å²) in [6, 6.07) is 5.58. The Morgan fingerprint density at radius 3 is 2.58 bits per heavy atom. The second-order valence-corrected chi connectivity index (χ2v) is 6.22. The quantitative estimate of drug-likeness (QED) is 0.864. The predicted octanol–water partition coefficient (Wildman–Crippen LogP) is 0.931. The van der Waals surface area contributed by atoms with Gasteiger partial charge in [0.2, 0.25) is 5.91 Å². The third-order valence-corrected chi connectivity index (χ3v) is 4.57. The Labute approximate surface area is 141 Å². The molecule has 2 N–H and O–H groups in total. The van der Waals surface area contributed by atoms with E-state index in [-0.39, 0.29) is 17.8 Å². The van der Waals surface area contributed by atoms with E-state index in [1.807, 2.05) is 4.90 Å². The number of benzene rings is 1. The predicted molar refractivity (Wildman–Crippen MR) is 87.8 cm³/mol. The fraction of sp³-hybridized carbons (Fsp3) is 0.529. The molecule has 7 heteroatoms. The first-order valence-corrected chi connectivity index (χ1v) is 8.43. The van der Waals surface area contributed by atoms with E-state index in [0.29, 0.717) is 32.6 Å². The Hall–Kier alpha value is -2.15. The molecule has 1 unspecified atom stereocenters. The summed E-state index contributed by atoms with van der Waals surface area (Å²) < 4.78 is 12.9. The zero-order valence-corrected chi connectivity index (χ0v) is 13.6. The summed E-state index contributed by atoms with van der Waals surface area (Å²) >= 11 is 0. The second kappa shape index (κ2) is 7.61. The molecule has 24 heavy (non-hydrogen) atoms. The summed E-state index contributed by atoms with van der Waals surface area (Å²) in [6.07, 6.45) is 1.53. The summed E-state index contributed by atoms with van der Waals surface area (Å²) in [6.45, 7) is 3.91. The monoisotopic (exact) mass is 334 g/mol. The molecular formula is C17H23FN4O2. The molecule has 2 aliphatic rings. The van der Waals surface area contributed by atoms with Crippen molar-refractivity contribution in [3.8, 4) is 0 Å². The van der Waals surface area contributed by atoms with Crippen molar-refractivity contribution in [3.63, 3.8) is 0 Å². The van der Waals surface area contributed by atoms with Crippen LogP contribution in [0.3, 0.4) is 0 Å². The van der Waals surface area contributed by atoms with Gasteiger partial charge in [0.15, 0.2) is 0 Å². The van der Waals surface area contributed by atoms with Crippen LogP contribution in [0.25, 0.3) is 0 Å². The van der Waals surface area contributed by atoms with E-state index >= 15 is 0 Å². The third kappa shape index (κ3) is 3.84. The molecular weight excluding hydrogens is 311 g/mol. The summed E-state index contributed by atoms with van der Waals surface area (Å²) in [5, 5.41) is 6.08. The average Bonchev–Trinajstić information content (AvgIpc) is 3.11. The summed E-state index contributed by atoms with van der Waals surface area (Å²) in [5.41, 5.74) is 0.836. The van der Waals surface area contributed by atoms with Gasteiger partial charge in [-0.2, -0.15) is 0 Å². The maximum absolute atomic E-state index is 12.9. The number of halogens is 1.